The number of nitrogens with zero attached hydrogens (tertiary/aromatic N) is 4. The van der Waals surface area contributed by atoms with Gasteiger partial charge in [-0.2, -0.15) is 4.98 Å². The number of fused-ring (bicyclic) bond motifs is 1. The number of pyridine rings is 2. The van der Waals surface area contributed by atoms with Crippen molar-refractivity contribution in [3.63, 3.8) is 0 Å². The highest BCUT2D eigenvalue weighted by Gasteiger charge is 2.17. The molecule has 0 aromatic carbocycles. The first-order chi connectivity index (χ1) is 13.7. The normalized spacial score (nSPS) is 14.6. The molecule has 144 valence electrons. The second-order valence-electron chi connectivity index (χ2n) is 6.72. The topological polar surface area (TPSA) is 105 Å². The number of rotatable bonds is 4. The van der Waals surface area contributed by atoms with Gasteiger partial charge < -0.3 is 10.6 Å². The summed E-state index contributed by atoms with van der Waals surface area (Å²) in [6.07, 6.45) is 10.0. The van der Waals surface area contributed by atoms with Crippen molar-refractivity contribution >= 4 is 34.5 Å². The van der Waals surface area contributed by atoms with Crippen molar-refractivity contribution < 1.29 is 9.18 Å². The fraction of sp³-hybridized carbons (Fsp3) is 0.316. The molecule has 9 heteroatoms. The van der Waals surface area contributed by atoms with Crippen LogP contribution >= 0.6 is 0 Å². The van der Waals surface area contributed by atoms with Crippen LogP contribution in [0.25, 0.3) is 11.0 Å². The molecule has 1 fully saturated rings. The Kier molecular flexibility index (Phi) is 5.22. The number of carbonyl (C=O) groups is 1. The fourth-order valence-corrected chi connectivity index (χ4v) is 3.23. The van der Waals surface area contributed by atoms with E-state index in [4.69, 9.17) is 0 Å². The van der Waals surface area contributed by atoms with Crippen LogP contribution in [0.5, 0.6) is 0 Å². The average Bonchev–Trinajstić information content (AvgIpc) is 2.70. The summed E-state index contributed by atoms with van der Waals surface area (Å²) in [7, 11) is 0. The van der Waals surface area contributed by atoms with Gasteiger partial charge in [0, 0.05) is 35.7 Å². The average molecular weight is 381 g/mol. The highest BCUT2D eigenvalue weighted by Crippen LogP contribution is 2.21. The number of nitrogens with one attached hydrogen (secondary N) is 3. The second kappa shape index (κ2) is 8.12. The van der Waals surface area contributed by atoms with E-state index in [9.17, 15) is 9.18 Å². The van der Waals surface area contributed by atoms with E-state index in [0.717, 1.165) is 31.4 Å². The molecular formula is C19H20FN7O. The third kappa shape index (κ3) is 4.30. The van der Waals surface area contributed by atoms with Gasteiger partial charge in [-0.25, -0.2) is 19.2 Å². The Morgan fingerprint density at radius 2 is 1.89 bits per heavy atom. The lowest BCUT2D eigenvalue weighted by Crippen LogP contribution is -2.39. The highest BCUT2D eigenvalue weighted by atomic mass is 19.1. The maximum atomic E-state index is 14.3. The standard InChI is InChI=1S/C19H20FN7O/c20-15-10-12-11-22-18(23-14-6-8-21-9-7-14)26-16(12)25-17(15)27-19(28)24-13-4-2-1-3-5-13/h6-11,13H,1-5H2,(H3,21,22,23,24,25,26,27,28). The predicted octanol–water partition coefficient (Wildman–Crippen LogP) is 3.76. The van der Waals surface area contributed by atoms with Crippen molar-refractivity contribution in [2.45, 2.75) is 38.1 Å². The molecular weight excluding hydrogens is 361 g/mol. The Balaban J connectivity index is 1.51. The summed E-state index contributed by atoms with van der Waals surface area (Å²) < 4.78 is 14.3. The minimum atomic E-state index is -0.635. The van der Waals surface area contributed by atoms with Crippen LogP contribution in [-0.2, 0) is 0 Å². The molecule has 2 amide bonds. The molecule has 4 rings (SSSR count). The van der Waals surface area contributed by atoms with E-state index in [2.05, 4.69) is 35.9 Å². The van der Waals surface area contributed by atoms with Crippen molar-refractivity contribution in [2.24, 2.45) is 0 Å². The van der Waals surface area contributed by atoms with Gasteiger partial charge in [-0.15, -0.1) is 0 Å². The molecule has 3 N–H and O–H groups in total. The highest BCUT2D eigenvalue weighted by molar-refractivity contribution is 5.90. The van der Waals surface area contributed by atoms with E-state index >= 15 is 0 Å². The second-order valence-corrected chi connectivity index (χ2v) is 6.72. The van der Waals surface area contributed by atoms with Crippen LogP contribution in [0.3, 0.4) is 0 Å². The zero-order chi connectivity index (χ0) is 19.3. The van der Waals surface area contributed by atoms with Gasteiger partial charge in [-0.1, -0.05) is 19.3 Å². The lowest BCUT2D eigenvalue weighted by Gasteiger charge is -2.22. The third-order valence-electron chi connectivity index (χ3n) is 4.63. The monoisotopic (exact) mass is 381 g/mol. The zero-order valence-corrected chi connectivity index (χ0v) is 15.2. The number of hydrogen-bond donors (Lipinski definition) is 3. The van der Waals surface area contributed by atoms with Gasteiger partial charge >= 0.3 is 6.03 Å². The lowest BCUT2D eigenvalue weighted by molar-refractivity contribution is 0.244. The van der Waals surface area contributed by atoms with E-state index in [0.29, 0.717) is 11.3 Å². The van der Waals surface area contributed by atoms with E-state index in [1.165, 1.54) is 18.7 Å². The van der Waals surface area contributed by atoms with Gasteiger partial charge in [0.15, 0.2) is 17.3 Å². The maximum Gasteiger partial charge on any atom is 0.320 e. The summed E-state index contributed by atoms with van der Waals surface area (Å²) in [5.74, 6) is -0.477. The van der Waals surface area contributed by atoms with Crippen LogP contribution < -0.4 is 16.0 Å². The zero-order valence-electron chi connectivity index (χ0n) is 15.2. The number of aromatic nitrogens is 4. The molecule has 0 radical (unpaired) electrons. The van der Waals surface area contributed by atoms with Crippen LogP contribution in [-0.4, -0.2) is 32.0 Å². The molecule has 1 saturated carbocycles. The van der Waals surface area contributed by atoms with Crippen LogP contribution in [0, 0.1) is 5.82 Å². The number of carbonyl (C=O) groups excluding carboxylic acids is 1. The largest absolute Gasteiger partial charge is 0.335 e. The molecule has 8 nitrogen and oxygen atoms in total. The van der Waals surface area contributed by atoms with E-state index in [-0.39, 0.29) is 17.5 Å². The number of anilines is 3. The van der Waals surface area contributed by atoms with Gasteiger partial charge in [-0.3, -0.25) is 10.3 Å². The molecule has 3 aromatic rings. The van der Waals surface area contributed by atoms with Crippen LogP contribution in [0.1, 0.15) is 32.1 Å². The first-order valence-corrected chi connectivity index (χ1v) is 9.25. The molecule has 0 atom stereocenters. The predicted molar refractivity (Wildman–Crippen MR) is 104 cm³/mol. The minimum absolute atomic E-state index is 0.121. The maximum absolute atomic E-state index is 14.3. The Morgan fingerprint density at radius 3 is 2.68 bits per heavy atom. The molecule has 0 bridgehead atoms. The first-order valence-electron chi connectivity index (χ1n) is 9.25. The van der Waals surface area contributed by atoms with Crippen molar-refractivity contribution in [3.8, 4) is 0 Å². The smallest absolute Gasteiger partial charge is 0.320 e. The number of amides is 2. The summed E-state index contributed by atoms with van der Waals surface area (Å²) in [5.41, 5.74) is 1.04. The number of hydrogen-bond acceptors (Lipinski definition) is 6. The molecule has 0 spiro atoms. The summed E-state index contributed by atoms with van der Waals surface area (Å²) >= 11 is 0. The number of halogens is 1. The van der Waals surface area contributed by atoms with E-state index < -0.39 is 11.8 Å². The minimum Gasteiger partial charge on any atom is -0.335 e. The molecule has 3 aromatic heterocycles. The van der Waals surface area contributed by atoms with Crippen LogP contribution in [0.2, 0.25) is 0 Å². The summed E-state index contributed by atoms with van der Waals surface area (Å²) in [4.78, 5) is 28.8. The van der Waals surface area contributed by atoms with E-state index in [1.54, 1.807) is 24.5 Å². The molecule has 0 unspecified atom stereocenters. The SMILES string of the molecule is O=C(Nc1nc2nc(Nc3ccncc3)ncc2cc1F)NC1CCCCC1. The van der Waals surface area contributed by atoms with Crippen LogP contribution in [0.15, 0.2) is 36.8 Å². The van der Waals surface area contributed by atoms with Gasteiger partial charge in [0.05, 0.1) is 0 Å². The summed E-state index contributed by atoms with van der Waals surface area (Å²) in [6.45, 7) is 0. The van der Waals surface area contributed by atoms with Crippen molar-refractivity contribution in [3.05, 3.63) is 42.6 Å². The van der Waals surface area contributed by atoms with Crippen LogP contribution in [0.4, 0.5) is 26.6 Å². The molecule has 3 heterocycles. The van der Waals surface area contributed by atoms with Crippen molar-refractivity contribution in [1.82, 2.24) is 25.3 Å². The molecule has 0 aliphatic heterocycles. The molecule has 1 aliphatic carbocycles. The quantitative estimate of drug-likeness (QED) is 0.636. The first kappa shape index (κ1) is 18.0. The van der Waals surface area contributed by atoms with Crippen molar-refractivity contribution in [1.29, 1.82) is 0 Å². The van der Waals surface area contributed by atoms with Gasteiger partial charge in [-0.05, 0) is 31.0 Å². The third-order valence-corrected chi connectivity index (χ3v) is 4.63. The Morgan fingerprint density at radius 1 is 1.11 bits per heavy atom. The fourth-order valence-electron chi connectivity index (χ4n) is 3.23. The van der Waals surface area contributed by atoms with E-state index in [1.807, 2.05) is 0 Å². The number of urea groups is 1. The van der Waals surface area contributed by atoms with Crippen molar-refractivity contribution in [2.75, 3.05) is 10.6 Å². The molecule has 28 heavy (non-hydrogen) atoms. The van der Waals surface area contributed by atoms with Gasteiger partial charge in [0.25, 0.3) is 0 Å². The Bertz CT molecular complexity index is 977. The lowest BCUT2D eigenvalue weighted by atomic mass is 9.96. The molecule has 1 aliphatic rings. The van der Waals surface area contributed by atoms with Gasteiger partial charge in [0.2, 0.25) is 5.95 Å². The summed E-state index contributed by atoms with van der Waals surface area (Å²) in [5, 5.41) is 8.84. The Hall–Kier alpha value is -3.36. The molecule has 0 saturated heterocycles. The Labute approximate surface area is 161 Å². The van der Waals surface area contributed by atoms with Gasteiger partial charge in [0.1, 0.15) is 0 Å². The summed E-state index contributed by atoms with van der Waals surface area (Å²) in [6, 6.07) is 4.47.